The third-order valence-electron chi connectivity index (χ3n) is 1.41. The lowest BCUT2D eigenvalue weighted by atomic mass is 10.3. The summed E-state index contributed by atoms with van der Waals surface area (Å²) in [4.78, 5) is 23.2. The minimum Gasteiger partial charge on any atom is -0.480 e. The SMILES string of the molecule is CC(=O)NC(CSC(=S)N(C)C)C(=O)O. The number of nitrogens with one attached hydrogen (secondary N) is 1. The molecule has 0 aliphatic heterocycles. The van der Waals surface area contributed by atoms with E-state index in [9.17, 15) is 9.59 Å². The number of amides is 1. The molecule has 0 heterocycles. The van der Waals surface area contributed by atoms with Gasteiger partial charge in [-0.15, -0.1) is 0 Å². The first kappa shape index (κ1) is 14.2. The van der Waals surface area contributed by atoms with Crippen LogP contribution in [0.4, 0.5) is 0 Å². The normalized spacial score (nSPS) is 11.7. The summed E-state index contributed by atoms with van der Waals surface area (Å²) < 4.78 is 0.589. The molecule has 15 heavy (non-hydrogen) atoms. The van der Waals surface area contributed by atoms with E-state index >= 15 is 0 Å². The van der Waals surface area contributed by atoms with Gasteiger partial charge in [-0.3, -0.25) is 4.79 Å². The summed E-state index contributed by atoms with van der Waals surface area (Å²) in [5.74, 6) is -1.19. The average Bonchev–Trinajstić information content (AvgIpc) is 2.10. The number of rotatable bonds is 4. The van der Waals surface area contributed by atoms with E-state index in [0.29, 0.717) is 4.32 Å². The van der Waals surface area contributed by atoms with Crippen LogP contribution in [-0.2, 0) is 9.59 Å². The molecular formula is C8H14N2O3S2. The van der Waals surface area contributed by atoms with Crippen LogP contribution in [0.1, 0.15) is 6.92 Å². The van der Waals surface area contributed by atoms with Gasteiger partial charge in [0, 0.05) is 26.8 Å². The first-order valence-corrected chi connectivity index (χ1v) is 5.58. The van der Waals surface area contributed by atoms with Crippen LogP contribution in [0, 0.1) is 0 Å². The van der Waals surface area contributed by atoms with Crippen molar-refractivity contribution >= 4 is 40.2 Å². The van der Waals surface area contributed by atoms with Crippen molar-refractivity contribution in [2.75, 3.05) is 19.8 Å². The molecule has 0 bridgehead atoms. The number of carbonyl (C=O) groups is 2. The topological polar surface area (TPSA) is 69.6 Å². The number of carboxylic acids is 1. The highest BCUT2D eigenvalue weighted by molar-refractivity contribution is 8.22. The molecule has 1 amide bonds. The molecule has 0 aromatic rings. The van der Waals surface area contributed by atoms with Crippen LogP contribution < -0.4 is 5.32 Å². The number of carbonyl (C=O) groups excluding carboxylic acids is 1. The Balaban J connectivity index is 4.13. The van der Waals surface area contributed by atoms with Gasteiger partial charge in [0.15, 0.2) is 0 Å². The van der Waals surface area contributed by atoms with Gasteiger partial charge in [-0.25, -0.2) is 4.79 Å². The van der Waals surface area contributed by atoms with Crippen molar-refractivity contribution in [3.05, 3.63) is 0 Å². The van der Waals surface area contributed by atoms with Crippen molar-refractivity contribution in [3.63, 3.8) is 0 Å². The third-order valence-corrected chi connectivity index (χ3v) is 3.25. The maximum absolute atomic E-state index is 10.7. The highest BCUT2D eigenvalue weighted by Gasteiger charge is 2.19. The summed E-state index contributed by atoms with van der Waals surface area (Å²) in [5.41, 5.74) is 0. The van der Waals surface area contributed by atoms with Crippen molar-refractivity contribution in [1.29, 1.82) is 0 Å². The Labute approximate surface area is 98.2 Å². The monoisotopic (exact) mass is 250 g/mol. The highest BCUT2D eigenvalue weighted by Crippen LogP contribution is 2.08. The molecule has 0 radical (unpaired) electrons. The molecule has 0 spiro atoms. The molecule has 0 rings (SSSR count). The third kappa shape index (κ3) is 6.29. The first-order chi connectivity index (χ1) is 6.84. The van der Waals surface area contributed by atoms with E-state index in [-0.39, 0.29) is 11.7 Å². The molecule has 0 saturated heterocycles. The molecule has 0 aromatic heterocycles. The summed E-state index contributed by atoms with van der Waals surface area (Å²) in [7, 11) is 3.56. The maximum atomic E-state index is 10.7. The Bertz CT molecular complexity index is 269. The minimum atomic E-state index is -1.06. The Morgan fingerprint density at radius 3 is 2.40 bits per heavy atom. The standard InChI is InChI=1S/C8H14N2O3S2/c1-5(11)9-6(7(12)13)4-15-8(14)10(2)3/h6H,4H2,1-3H3,(H,9,11)(H,12,13). The van der Waals surface area contributed by atoms with Crippen molar-refractivity contribution in [2.45, 2.75) is 13.0 Å². The quantitative estimate of drug-likeness (QED) is 0.693. The number of thiocarbonyl (C=S) groups is 1. The van der Waals surface area contributed by atoms with E-state index in [4.69, 9.17) is 17.3 Å². The lowest BCUT2D eigenvalue weighted by Crippen LogP contribution is -2.42. The zero-order chi connectivity index (χ0) is 12.0. The van der Waals surface area contributed by atoms with E-state index in [1.807, 2.05) is 0 Å². The second-order valence-corrected chi connectivity index (χ2v) is 4.72. The Kier molecular flexibility index (Phi) is 6.26. The van der Waals surface area contributed by atoms with Crippen LogP contribution in [0.2, 0.25) is 0 Å². The van der Waals surface area contributed by atoms with E-state index < -0.39 is 12.0 Å². The summed E-state index contributed by atoms with van der Waals surface area (Å²) in [6.45, 7) is 1.28. The Morgan fingerprint density at radius 2 is 2.07 bits per heavy atom. The number of carboxylic acid groups (broad SMARTS) is 1. The summed E-state index contributed by atoms with van der Waals surface area (Å²) >= 11 is 6.20. The smallest absolute Gasteiger partial charge is 0.327 e. The molecule has 5 nitrogen and oxygen atoms in total. The largest absolute Gasteiger partial charge is 0.480 e. The maximum Gasteiger partial charge on any atom is 0.327 e. The molecule has 2 N–H and O–H groups in total. The van der Waals surface area contributed by atoms with Gasteiger partial charge in [0.2, 0.25) is 5.91 Å². The van der Waals surface area contributed by atoms with Gasteiger partial charge >= 0.3 is 5.97 Å². The highest BCUT2D eigenvalue weighted by atomic mass is 32.2. The second kappa shape index (κ2) is 6.62. The van der Waals surface area contributed by atoms with Crippen LogP contribution in [0.15, 0.2) is 0 Å². The van der Waals surface area contributed by atoms with Crippen molar-refractivity contribution in [1.82, 2.24) is 10.2 Å². The van der Waals surface area contributed by atoms with Gasteiger partial charge in [-0.1, -0.05) is 24.0 Å². The van der Waals surface area contributed by atoms with Gasteiger partial charge in [0.05, 0.1) is 0 Å². The fraction of sp³-hybridized carbons (Fsp3) is 0.625. The number of nitrogens with zero attached hydrogens (tertiary/aromatic N) is 1. The molecule has 0 aromatic carbocycles. The van der Waals surface area contributed by atoms with Crippen molar-refractivity contribution < 1.29 is 14.7 Å². The van der Waals surface area contributed by atoms with Crippen LogP contribution in [0.25, 0.3) is 0 Å². The van der Waals surface area contributed by atoms with Crippen LogP contribution in [0.3, 0.4) is 0 Å². The molecule has 7 heteroatoms. The molecular weight excluding hydrogens is 236 g/mol. The predicted molar refractivity (Wildman–Crippen MR) is 64.0 cm³/mol. The fourth-order valence-electron chi connectivity index (χ4n) is 0.704. The van der Waals surface area contributed by atoms with E-state index in [0.717, 1.165) is 0 Å². The number of thioether (sulfide) groups is 1. The van der Waals surface area contributed by atoms with Crippen LogP contribution in [0.5, 0.6) is 0 Å². The summed E-state index contributed by atoms with van der Waals surface area (Å²) in [6.07, 6.45) is 0. The Hall–Kier alpha value is -0.820. The molecule has 1 unspecified atom stereocenters. The van der Waals surface area contributed by atoms with Gasteiger partial charge in [-0.2, -0.15) is 0 Å². The van der Waals surface area contributed by atoms with Gasteiger partial charge < -0.3 is 15.3 Å². The molecule has 1 atom stereocenters. The molecule has 0 aliphatic rings. The number of aliphatic carboxylic acids is 1. The van der Waals surface area contributed by atoms with Gasteiger partial charge in [-0.05, 0) is 0 Å². The lowest BCUT2D eigenvalue weighted by Gasteiger charge is -2.16. The lowest BCUT2D eigenvalue weighted by molar-refractivity contribution is -0.140. The van der Waals surface area contributed by atoms with Gasteiger partial charge in [0.25, 0.3) is 0 Å². The average molecular weight is 250 g/mol. The predicted octanol–water partition coefficient (Wildman–Crippen LogP) is 0.155. The molecule has 0 saturated carbocycles. The molecule has 0 fully saturated rings. The number of hydrogen-bond donors (Lipinski definition) is 2. The summed E-state index contributed by atoms with van der Waals surface area (Å²) in [6, 6.07) is -0.898. The van der Waals surface area contributed by atoms with Crippen LogP contribution in [-0.4, -0.2) is 52.1 Å². The van der Waals surface area contributed by atoms with E-state index in [1.165, 1.54) is 18.7 Å². The zero-order valence-corrected chi connectivity index (χ0v) is 10.4. The summed E-state index contributed by atoms with van der Waals surface area (Å²) in [5, 5.41) is 11.1. The minimum absolute atomic E-state index is 0.228. The van der Waals surface area contributed by atoms with E-state index in [1.54, 1.807) is 19.0 Å². The van der Waals surface area contributed by atoms with Crippen molar-refractivity contribution in [3.8, 4) is 0 Å². The van der Waals surface area contributed by atoms with Crippen LogP contribution >= 0.6 is 24.0 Å². The first-order valence-electron chi connectivity index (χ1n) is 4.18. The Morgan fingerprint density at radius 1 is 1.53 bits per heavy atom. The fourth-order valence-corrected chi connectivity index (χ4v) is 1.70. The van der Waals surface area contributed by atoms with E-state index in [2.05, 4.69) is 5.32 Å². The molecule has 86 valence electrons. The number of hydrogen-bond acceptors (Lipinski definition) is 4. The molecule has 0 aliphatic carbocycles. The second-order valence-electron chi connectivity index (χ2n) is 3.06. The van der Waals surface area contributed by atoms with Crippen molar-refractivity contribution in [2.24, 2.45) is 0 Å². The van der Waals surface area contributed by atoms with Gasteiger partial charge in [0.1, 0.15) is 10.4 Å². The zero-order valence-electron chi connectivity index (χ0n) is 8.81.